The molecule has 5 aromatic rings. The molecule has 0 unspecified atom stereocenters. The van der Waals surface area contributed by atoms with Gasteiger partial charge in [0, 0.05) is 28.1 Å². The predicted molar refractivity (Wildman–Crippen MR) is 187 cm³/mol. The van der Waals surface area contributed by atoms with E-state index in [0.29, 0.717) is 0 Å². The summed E-state index contributed by atoms with van der Waals surface area (Å²) in [5.74, 6) is -8.29. The standard InChI is InChI=1S/C24H16N2.3C5H5F3O2/c1-3-8-17(9-4-1)21-16-19-13-14-22-20(12-7-15-25-22)24(19)26-23(21)18-10-5-2-6-11-18;3*1-3(9)2-4(10)5(6,7)8/h1-16H;3*2H2,1H3. The highest BCUT2D eigenvalue weighted by Gasteiger charge is 2.39. The summed E-state index contributed by atoms with van der Waals surface area (Å²) in [6, 6.07) is 31.3. The summed E-state index contributed by atoms with van der Waals surface area (Å²) in [6.07, 6.45) is -15.9. The van der Waals surface area contributed by atoms with Crippen LogP contribution in [-0.4, -0.2) is 63.2 Å². The molecular weight excluding hydrogens is 763 g/mol. The lowest BCUT2D eigenvalue weighted by atomic mass is 9.96. The van der Waals surface area contributed by atoms with Crippen LogP contribution in [0.1, 0.15) is 40.0 Å². The Kier molecular flexibility index (Phi) is 16.4. The third kappa shape index (κ3) is 14.9. The van der Waals surface area contributed by atoms with Crippen molar-refractivity contribution < 1.29 is 68.3 Å². The van der Waals surface area contributed by atoms with E-state index in [1.54, 1.807) is 0 Å². The van der Waals surface area contributed by atoms with Gasteiger partial charge in [0.25, 0.3) is 0 Å². The topological polar surface area (TPSA) is 128 Å². The number of carbonyl (C=O) groups excluding carboxylic acids is 6. The first kappa shape index (κ1) is 46.0. The van der Waals surface area contributed by atoms with Crippen LogP contribution < -0.4 is 0 Å². The van der Waals surface area contributed by atoms with Crippen LogP contribution in [-0.2, 0) is 28.8 Å². The highest BCUT2D eigenvalue weighted by atomic mass is 19.4. The van der Waals surface area contributed by atoms with Crippen LogP contribution in [0.3, 0.4) is 0 Å². The second-order valence-electron chi connectivity index (χ2n) is 11.7. The van der Waals surface area contributed by atoms with Gasteiger partial charge in [0.15, 0.2) is 0 Å². The summed E-state index contributed by atoms with van der Waals surface area (Å²) in [5, 5.41) is 2.21. The molecule has 2 aromatic heterocycles. The first-order chi connectivity index (χ1) is 25.9. The molecule has 0 aliphatic rings. The minimum Gasteiger partial charge on any atom is -0.300 e. The summed E-state index contributed by atoms with van der Waals surface area (Å²) >= 11 is 0. The van der Waals surface area contributed by atoms with E-state index in [1.165, 1.54) is 5.56 Å². The first-order valence-corrected chi connectivity index (χ1v) is 16.0. The first-order valence-electron chi connectivity index (χ1n) is 16.0. The maximum Gasteiger partial charge on any atom is 0.450 e. The number of Topliss-reactive ketones (excluding diaryl/α,β-unsaturated/α-hetero) is 6. The molecule has 3 aromatic carbocycles. The van der Waals surface area contributed by atoms with Gasteiger partial charge in [-0.1, -0.05) is 66.7 Å². The monoisotopic (exact) mass is 794 g/mol. The summed E-state index contributed by atoms with van der Waals surface area (Å²) in [6.45, 7) is 2.80. The van der Waals surface area contributed by atoms with Crippen LogP contribution in [0.25, 0.3) is 44.2 Å². The molecular formula is C39H31F9N2O6. The fourth-order valence-electron chi connectivity index (χ4n) is 4.42. The molecule has 8 nitrogen and oxygen atoms in total. The van der Waals surface area contributed by atoms with E-state index in [1.807, 2.05) is 24.4 Å². The molecule has 2 heterocycles. The molecule has 5 rings (SSSR count). The lowest BCUT2D eigenvalue weighted by Crippen LogP contribution is -2.24. The summed E-state index contributed by atoms with van der Waals surface area (Å²) in [5.41, 5.74) is 6.41. The Morgan fingerprint density at radius 2 is 0.929 bits per heavy atom. The highest BCUT2D eigenvalue weighted by Crippen LogP contribution is 2.35. The van der Waals surface area contributed by atoms with Gasteiger partial charge in [-0.25, -0.2) is 4.98 Å². The van der Waals surface area contributed by atoms with Crippen molar-refractivity contribution in [2.75, 3.05) is 0 Å². The predicted octanol–water partition coefficient (Wildman–Crippen LogP) is 9.41. The number of carbonyl (C=O) groups is 6. The molecule has 0 amide bonds. The van der Waals surface area contributed by atoms with E-state index >= 15 is 0 Å². The SMILES string of the molecule is CC(=O)CC(=O)C(F)(F)F.CC(=O)CC(=O)C(F)(F)F.CC(=O)CC(=O)C(F)(F)F.c1ccc(-c2cc3ccc4ncccc4c3nc2-c2ccccc2)cc1. The number of halogens is 9. The van der Waals surface area contributed by atoms with Crippen molar-refractivity contribution in [1.82, 2.24) is 9.97 Å². The van der Waals surface area contributed by atoms with Gasteiger partial charge in [0.2, 0.25) is 17.3 Å². The average molecular weight is 795 g/mol. The number of benzene rings is 3. The van der Waals surface area contributed by atoms with Crippen LogP contribution in [0.15, 0.2) is 97.2 Å². The fraction of sp³-hybridized carbons (Fsp3) is 0.231. The van der Waals surface area contributed by atoms with Crippen LogP contribution in [0.5, 0.6) is 0 Å². The molecule has 0 bridgehead atoms. The number of hydrogen-bond acceptors (Lipinski definition) is 8. The third-order valence-electron chi connectivity index (χ3n) is 6.88. The number of alkyl halides is 9. The zero-order chi connectivity index (χ0) is 42.4. The Bertz CT molecular complexity index is 2090. The lowest BCUT2D eigenvalue weighted by Gasteiger charge is -2.12. The number of ketones is 6. The molecule has 0 fully saturated rings. The third-order valence-corrected chi connectivity index (χ3v) is 6.88. The molecule has 296 valence electrons. The molecule has 0 aliphatic heterocycles. The van der Waals surface area contributed by atoms with Gasteiger partial charge in [-0.2, -0.15) is 39.5 Å². The molecule has 56 heavy (non-hydrogen) atoms. The number of hydrogen-bond donors (Lipinski definition) is 0. The molecule has 0 N–H and O–H groups in total. The van der Waals surface area contributed by atoms with E-state index < -0.39 is 72.5 Å². The van der Waals surface area contributed by atoms with Gasteiger partial charge in [-0.15, -0.1) is 0 Å². The van der Waals surface area contributed by atoms with E-state index in [2.05, 4.69) is 77.8 Å². The second-order valence-corrected chi connectivity index (χ2v) is 11.7. The molecule has 17 heteroatoms. The smallest absolute Gasteiger partial charge is 0.300 e. The van der Waals surface area contributed by atoms with E-state index in [4.69, 9.17) is 4.98 Å². The summed E-state index contributed by atoms with van der Waals surface area (Å²) in [4.78, 5) is 69.3. The molecule has 0 aliphatic carbocycles. The van der Waals surface area contributed by atoms with Crippen molar-refractivity contribution in [2.45, 2.75) is 58.6 Å². The Hall–Kier alpha value is -6.13. The van der Waals surface area contributed by atoms with Gasteiger partial charge < -0.3 is 0 Å². The van der Waals surface area contributed by atoms with Crippen molar-refractivity contribution >= 4 is 56.5 Å². The number of nitrogens with zero attached hydrogens (tertiary/aromatic N) is 2. The van der Waals surface area contributed by atoms with E-state index in [-0.39, 0.29) is 0 Å². The van der Waals surface area contributed by atoms with Gasteiger partial charge in [-0.3, -0.25) is 33.8 Å². The van der Waals surface area contributed by atoms with Gasteiger partial charge >= 0.3 is 18.5 Å². The van der Waals surface area contributed by atoms with Crippen LogP contribution in [0.2, 0.25) is 0 Å². The minimum absolute atomic E-state index is 0.776. The van der Waals surface area contributed by atoms with Crippen LogP contribution >= 0.6 is 0 Å². The van der Waals surface area contributed by atoms with Gasteiger partial charge in [0.05, 0.1) is 36.0 Å². The van der Waals surface area contributed by atoms with Crippen molar-refractivity contribution in [2.24, 2.45) is 0 Å². The quantitative estimate of drug-likeness (QED) is 0.0864. The van der Waals surface area contributed by atoms with E-state index in [0.717, 1.165) is 59.4 Å². The highest BCUT2D eigenvalue weighted by molar-refractivity contribution is 6.06. The van der Waals surface area contributed by atoms with Crippen molar-refractivity contribution in [3.05, 3.63) is 97.2 Å². The number of rotatable bonds is 8. The average Bonchev–Trinajstić information content (AvgIpc) is 3.10. The number of aromatic nitrogens is 2. The Morgan fingerprint density at radius 3 is 1.30 bits per heavy atom. The zero-order valence-electron chi connectivity index (χ0n) is 29.6. The van der Waals surface area contributed by atoms with Gasteiger partial charge in [0.1, 0.15) is 17.3 Å². The Morgan fingerprint density at radius 1 is 0.518 bits per heavy atom. The van der Waals surface area contributed by atoms with Crippen LogP contribution in [0.4, 0.5) is 39.5 Å². The summed E-state index contributed by atoms with van der Waals surface area (Å²) in [7, 11) is 0. The lowest BCUT2D eigenvalue weighted by molar-refractivity contribution is -0.171. The largest absolute Gasteiger partial charge is 0.450 e. The maximum absolute atomic E-state index is 11.3. The maximum atomic E-state index is 11.3. The van der Waals surface area contributed by atoms with Crippen LogP contribution in [0, 0.1) is 0 Å². The van der Waals surface area contributed by atoms with Crippen molar-refractivity contribution in [3.63, 3.8) is 0 Å². The molecule has 0 saturated carbocycles. The van der Waals surface area contributed by atoms with Crippen molar-refractivity contribution in [3.8, 4) is 22.4 Å². The number of pyridine rings is 2. The molecule has 0 spiro atoms. The van der Waals surface area contributed by atoms with E-state index in [9.17, 15) is 68.3 Å². The molecule has 0 atom stereocenters. The fourth-order valence-corrected chi connectivity index (χ4v) is 4.42. The normalized spacial score (nSPS) is 11.1. The number of fused-ring (bicyclic) bond motifs is 3. The molecule has 0 radical (unpaired) electrons. The second kappa shape index (κ2) is 20.0. The summed E-state index contributed by atoms with van der Waals surface area (Å²) < 4.78 is 102. The Labute approximate surface area is 312 Å². The molecule has 0 saturated heterocycles. The zero-order valence-corrected chi connectivity index (χ0v) is 29.6. The Balaban J connectivity index is 0.000000302. The minimum atomic E-state index is -4.87. The van der Waals surface area contributed by atoms with Crippen molar-refractivity contribution in [1.29, 1.82) is 0 Å². The van der Waals surface area contributed by atoms with Gasteiger partial charge in [-0.05, 0) is 50.6 Å².